The van der Waals surface area contributed by atoms with E-state index in [4.69, 9.17) is 4.74 Å². The van der Waals surface area contributed by atoms with Gasteiger partial charge in [-0.2, -0.15) is 0 Å². The number of thiophene rings is 1. The van der Waals surface area contributed by atoms with Gasteiger partial charge in [-0.15, -0.1) is 11.3 Å². The Morgan fingerprint density at radius 3 is 2.68 bits per heavy atom. The van der Waals surface area contributed by atoms with Crippen LogP contribution in [0, 0.1) is 6.92 Å². The first-order valence-electron chi connectivity index (χ1n) is 6.61. The van der Waals surface area contributed by atoms with Crippen LogP contribution >= 0.6 is 27.3 Å². The molecule has 1 aliphatic heterocycles. The molecule has 0 spiro atoms. The van der Waals surface area contributed by atoms with Crippen molar-refractivity contribution in [3.8, 4) is 0 Å². The van der Waals surface area contributed by atoms with Gasteiger partial charge in [0.1, 0.15) is 0 Å². The Kier molecular flexibility index (Phi) is 4.36. The smallest absolute Gasteiger partial charge is 0.363 e. The lowest BCUT2D eigenvalue weighted by molar-refractivity contribution is -0.129. The third kappa shape index (κ3) is 3.61. The van der Waals surface area contributed by atoms with Crippen LogP contribution in [-0.2, 0) is 9.53 Å². The monoisotopic (exact) mass is 373 g/mol. The number of ether oxygens (including phenoxy) is 1. The van der Waals surface area contributed by atoms with E-state index in [1.807, 2.05) is 48.7 Å². The van der Waals surface area contributed by atoms with Gasteiger partial charge in [0.2, 0.25) is 5.90 Å². The Morgan fingerprint density at radius 2 is 2.00 bits per heavy atom. The van der Waals surface area contributed by atoms with Crippen molar-refractivity contribution >= 4 is 51.3 Å². The maximum absolute atomic E-state index is 11.8. The van der Waals surface area contributed by atoms with E-state index < -0.39 is 5.97 Å². The summed E-state index contributed by atoms with van der Waals surface area (Å²) in [6, 6.07) is 10.00. The number of esters is 1. The molecule has 110 valence electrons. The van der Waals surface area contributed by atoms with Crippen LogP contribution in [0.15, 0.2) is 57.0 Å². The minimum absolute atomic E-state index is 0.312. The fourth-order valence-corrected chi connectivity index (χ4v) is 3.25. The van der Waals surface area contributed by atoms with E-state index in [1.165, 1.54) is 16.9 Å². The summed E-state index contributed by atoms with van der Waals surface area (Å²) in [7, 11) is 0. The zero-order valence-electron chi connectivity index (χ0n) is 11.7. The molecular formula is C17H12BrNO2S. The van der Waals surface area contributed by atoms with Crippen LogP contribution < -0.4 is 0 Å². The van der Waals surface area contributed by atoms with Crippen molar-refractivity contribution < 1.29 is 9.53 Å². The molecule has 1 aromatic heterocycles. The van der Waals surface area contributed by atoms with E-state index in [2.05, 4.69) is 20.9 Å². The van der Waals surface area contributed by atoms with Crippen molar-refractivity contribution in [2.24, 2.45) is 4.99 Å². The zero-order chi connectivity index (χ0) is 15.5. The Morgan fingerprint density at radius 1 is 1.23 bits per heavy atom. The molecule has 2 aromatic rings. The number of nitrogens with zero attached hydrogens (tertiary/aromatic N) is 1. The molecule has 0 saturated carbocycles. The number of halogens is 1. The van der Waals surface area contributed by atoms with Crippen molar-refractivity contribution in [1.82, 2.24) is 0 Å². The van der Waals surface area contributed by atoms with Crippen LogP contribution in [0.1, 0.15) is 16.0 Å². The second-order valence-electron chi connectivity index (χ2n) is 4.78. The maximum atomic E-state index is 11.8. The van der Waals surface area contributed by atoms with Crippen molar-refractivity contribution in [2.45, 2.75) is 6.92 Å². The summed E-state index contributed by atoms with van der Waals surface area (Å²) < 4.78 is 6.13. The van der Waals surface area contributed by atoms with Crippen LogP contribution in [0.25, 0.3) is 12.2 Å². The summed E-state index contributed by atoms with van der Waals surface area (Å²) in [6.07, 6.45) is 5.30. The molecule has 1 aliphatic rings. The predicted molar refractivity (Wildman–Crippen MR) is 93.7 cm³/mol. The molecule has 0 fully saturated rings. The highest BCUT2D eigenvalue weighted by Crippen LogP contribution is 2.24. The average molecular weight is 374 g/mol. The van der Waals surface area contributed by atoms with Gasteiger partial charge >= 0.3 is 5.97 Å². The fraction of sp³-hybridized carbons (Fsp3) is 0.0588. The number of hydrogen-bond donors (Lipinski definition) is 0. The molecule has 2 heterocycles. The van der Waals surface area contributed by atoms with Crippen molar-refractivity contribution in [1.29, 1.82) is 0 Å². The fourth-order valence-electron chi connectivity index (χ4n) is 1.88. The lowest BCUT2D eigenvalue weighted by Crippen LogP contribution is -2.00. The molecule has 0 aliphatic carbocycles. The highest BCUT2D eigenvalue weighted by Gasteiger charge is 2.21. The topological polar surface area (TPSA) is 38.7 Å². The zero-order valence-corrected chi connectivity index (χ0v) is 14.1. The average Bonchev–Trinajstić information content (AvgIpc) is 3.05. The second-order valence-corrected chi connectivity index (χ2v) is 6.64. The summed E-state index contributed by atoms with van der Waals surface area (Å²) in [6.45, 7) is 2.04. The van der Waals surface area contributed by atoms with Crippen LogP contribution in [0.4, 0.5) is 0 Å². The van der Waals surface area contributed by atoms with Gasteiger partial charge in [0.15, 0.2) is 5.70 Å². The minimum Gasteiger partial charge on any atom is -0.403 e. The molecule has 0 bridgehead atoms. The van der Waals surface area contributed by atoms with E-state index in [-0.39, 0.29) is 0 Å². The van der Waals surface area contributed by atoms with Crippen LogP contribution in [0.3, 0.4) is 0 Å². The van der Waals surface area contributed by atoms with Gasteiger partial charge in [0, 0.05) is 20.8 Å². The number of carbonyl (C=O) groups excluding carboxylic acids is 1. The number of hydrogen-bond acceptors (Lipinski definition) is 4. The first kappa shape index (κ1) is 14.9. The molecule has 22 heavy (non-hydrogen) atoms. The van der Waals surface area contributed by atoms with Gasteiger partial charge in [-0.25, -0.2) is 9.79 Å². The Balaban J connectivity index is 1.78. The number of cyclic esters (lactones) is 1. The van der Waals surface area contributed by atoms with Crippen molar-refractivity contribution in [3.63, 3.8) is 0 Å². The van der Waals surface area contributed by atoms with Crippen molar-refractivity contribution in [2.75, 3.05) is 0 Å². The SMILES string of the molecule is Cc1ccc(C=CC2=NC(=Cc3cc(Br)cs3)C(=O)O2)cc1. The minimum atomic E-state index is -0.423. The Hall–Kier alpha value is -1.98. The molecule has 0 amide bonds. The standard InChI is InChI=1S/C17H12BrNO2S/c1-11-2-4-12(5-3-11)6-7-16-19-15(17(20)21-16)9-14-8-13(18)10-22-14/h2-10H,1H3. The second kappa shape index (κ2) is 6.42. The number of aryl methyl sites for hydroxylation is 1. The van der Waals surface area contributed by atoms with Gasteiger partial charge in [-0.05, 0) is 46.6 Å². The summed E-state index contributed by atoms with van der Waals surface area (Å²) in [5.74, 6) is -0.111. The normalized spacial score (nSPS) is 16.4. The number of aliphatic imine (C=N–C) groups is 1. The van der Waals surface area contributed by atoms with Gasteiger partial charge in [-0.1, -0.05) is 29.8 Å². The highest BCUT2D eigenvalue weighted by atomic mass is 79.9. The van der Waals surface area contributed by atoms with Crippen LogP contribution in [0.5, 0.6) is 0 Å². The molecule has 0 atom stereocenters. The first-order chi connectivity index (χ1) is 10.6. The molecule has 0 radical (unpaired) electrons. The van der Waals surface area contributed by atoms with Crippen LogP contribution in [-0.4, -0.2) is 11.9 Å². The van der Waals surface area contributed by atoms with E-state index >= 15 is 0 Å². The van der Waals surface area contributed by atoms with Gasteiger partial charge < -0.3 is 4.74 Å². The Bertz CT molecular complexity index is 800. The molecule has 3 nitrogen and oxygen atoms in total. The quantitative estimate of drug-likeness (QED) is 0.570. The van der Waals surface area contributed by atoms with E-state index in [0.717, 1.165) is 14.9 Å². The molecule has 0 unspecified atom stereocenters. The first-order valence-corrected chi connectivity index (χ1v) is 8.29. The van der Waals surface area contributed by atoms with E-state index in [0.29, 0.717) is 11.6 Å². The number of carbonyl (C=O) groups is 1. The number of benzene rings is 1. The Labute approximate surface area is 140 Å². The third-order valence-electron chi connectivity index (χ3n) is 3.00. The third-order valence-corrected chi connectivity index (χ3v) is 4.64. The lowest BCUT2D eigenvalue weighted by atomic mass is 10.1. The predicted octanol–water partition coefficient (Wildman–Crippen LogP) is 4.83. The van der Waals surface area contributed by atoms with Gasteiger partial charge in [0.05, 0.1) is 0 Å². The lowest BCUT2D eigenvalue weighted by Gasteiger charge is -1.94. The molecule has 0 N–H and O–H groups in total. The highest BCUT2D eigenvalue weighted by molar-refractivity contribution is 9.10. The van der Waals surface area contributed by atoms with E-state index in [1.54, 1.807) is 12.2 Å². The molecule has 3 rings (SSSR count). The van der Waals surface area contributed by atoms with Crippen LogP contribution in [0.2, 0.25) is 0 Å². The maximum Gasteiger partial charge on any atom is 0.363 e. The molecule has 5 heteroatoms. The largest absolute Gasteiger partial charge is 0.403 e. The molecular weight excluding hydrogens is 362 g/mol. The molecule has 1 aromatic carbocycles. The van der Waals surface area contributed by atoms with Gasteiger partial charge in [-0.3, -0.25) is 0 Å². The summed E-state index contributed by atoms with van der Waals surface area (Å²) >= 11 is 4.92. The van der Waals surface area contributed by atoms with Gasteiger partial charge in [0.25, 0.3) is 0 Å². The molecule has 0 saturated heterocycles. The van der Waals surface area contributed by atoms with E-state index in [9.17, 15) is 4.79 Å². The van der Waals surface area contributed by atoms with Crippen molar-refractivity contribution in [3.05, 3.63) is 68.0 Å². The summed E-state index contributed by atoms with van der Waals surface area (Å²) in [5.41, 5.74) is 2.55. The number of rotatable bonds is 3. The summed E-state index contributed by atoms with van der Waals surface area (Å²) in [4.78, 5) is 17.0. The summed E-state index contributed by atoms with van der Waals surface area (Å²) in [5, 5.41) is 1.95.